The summed E-state index contributed by atoms with van der Waals surface area (Å²) in [6, 6.07) is 5.00. The largest absolute Gasteiger partial charge is 0.496 e. The molecule has 4 rings (SSSR count). The zero-order valence-corrected chi connectivity index (χ0v) is 17.5. The van der Waals surface area contributed by atoms with Gasteiger partial charge in [0.25, 0.3) is 5.56 Å². The Bertz CT molecular complexity index is 1030. The molecule has 1 N–H and O–H groups in total. The lowest BCUT2D eigenvalue weighted by Gasteiger charge is -2.35. The van der Waals surface area contributed by atoms with Crippen LogP contribution < -0.4 is 25.1 Å². The van der Waals surface area contributed by atoms with Gasteiger partial charge in [-0.15, -0.1) is 0 Å². The Balaban J connectivity index is 1.90. The number of fused-ring (bicyclic) bond motifs is 1. The van der Waals surface area contributed by atoms with Gasteiger partial charge in [-0.1, -0.05) is 0 Å². The van der Waals surface area contributed by atoms with Crippen molar-refractivity contribution in [3.05, 3.63) is 39.8 Å². The molecule has 0 aliphatic carbocycles. The lowest BCUT2D eigenvalue weighted by molar-refractivity contribution is 0.0675. The Morgan fingerprint density at radius 2 is 1.70 bits per heavy atom. The van der Waals surface area contributed by atoms with Crippen LogP contribution in [0, 0.1) is 6.92 Å². The number of nitrogens with one attached hydrogen (secondary N) is 1. The number of methoxy groups -OCH3 is 3. The van der Waals surface area contributed by atoms with Gasteiger partial charge in [-0.3, -0.25) is 14.7 Å². The number of hydrogen-bond donors (Lipinski definition) is 1. The van der Waals surface area contributed by atoms with Crippen molar-refractivity contribution in [3.63, 3.8) is 0 Å². The number of aliphatic imine (C=N–C) groups is 1. The van der Waals surface area contributed by atoms with Crippen LogP contribution in [-0.2, 0) is 4.74 Å². The van der Waals surface area contributed by atoms with E-state index in [0.29, 0.717) is 66.7 Å². The van der Waals surface area contributed by atoms with E-state index in [0.717, 1.165) is 0 Å². The minimum Gasteiger partial charge on any atom is -0.496 e. The molecule has 1 aromatic carbocycles. The lowest BCUT2D eigenvalue weighted by Crippen LogP contribution is -2.47. The molecule has 1 atom stereocenters. The zero-order chi connectivity index (χ0) is 21.3. The van der Waals surface area contributed by atoms with Gasteiger partial charge < -0.3 is 23.8 Å². The average molecular weight is 415 g/mol. The molecule has 0 bridgehead atoms. The molecule has 30 heavy (non-hydrogen) atoms. The summed E-state index contributed by atoms with van der Waals surface area (Å²) in [5.41, 5.74) is 1.08. The molecule has 10 nitrogen and oxygen atoms in total. The molecule has 1 saturated heterocycles. The molecule has 2 aliphatic rings. The molecular weight excluding hydrogens is 390 g/mol. The fourth-order valence-electron chi connectivity index (χ4n) is 3.64. The van der Waals surface area contributed by atoms with Crippen molar-refractivity contribution >= 4 is 11.9 Å². The van der Waals surface area contributed by atoms with Crippen molar-refractivity contribution in [1.29, 1.82) is 0 Å². The number of guanidine groups is 1. The summed E-state index contributed by atoms with van der Waals surface area (Å²) in [7, 11) is 4.68. The highest BCUT2D eigenvalue weighted by atomic mass is 16.5. The van der Waals surface area contributed by atoms with Crippen molar-refractivity contribution in [2.75, 3.05) is 52.9 Å². The van der Waals surface area contributed by atoms with Crippen LogP contribution in [0.1, 0.15) is 17.4 Å². The number of rotatable bonds is 4. The fraction of sp³-hybridized carbons (Fsp3) is 0.450. The minimum atomic E-state index is -0.686. The summed E-state index contributed by atoms with van der Waals surface area (Å²) in [6.45, 7) is 4.39. The van der Waals surface area contributed by atoms with Crippen LogP contribution in [0.25, 0.3) is 0 Å². The quantitative estimate of drug-likeness (QED) is 0.796. The molecule has 1 fully saturated rings. The Morgan fingerprint density at radius 3 is 2.37 bits per heavy atom. The van der Waals surface area contributed by atoms with Crippen LogP contribution in [0.5, 0.6) is 17.2 Å². The van der Waals surface area contributed by atoms with Crippen molar-refractivity contribution in [2.24, 2.45) is 4.99 Å². The lowest BCUT2D eigenvalue weighted by atomic mass is 10.1. The molecule has 0 radical (unpaired) electrons. The molecular formula is C20H25N5O5. The molecule has 2 aromatic rings. The molecule has 0 saturated carbocycles. The van der Waals surface area contributed by atoms with Crippen LogP contribution >= 0.6 is 0 Å². The Morgan fingerprint density at radius 1 is 1.03 bits per heavy atom. The first kappa shape index (κ1) is 20.0. The highest BCUT2D eigenvalue weighted by molar-refractivity contribution is 5.93. The number of aromatic nitrogens is 2. The van der Waals surface area contributed by atoms with E-state index in [4.69, 9.17) is 23.9 Å². The fourth-order valence-corrected chi connectivity index (χ4v) is 3.64. The third kappa shape index (κ3) is 3.54. The Kier molecular flexibility index (Phi) is 5.49. The van der Waals surface area contributed by atoms with Crippen LogP contribution in [0.3, 0.4) is 0 Å². The van der Waals surface area contributed by atoms with E-state index < -0.39 is 6.17 Å². The molecule has 0 unspecified atom stereocenters. The number of ether oxygens (including phenoxy) is 4. The number of morpholine rings is 1. The highest BCUT2D eigenvalue weighted by Gasteiger charge is 2.31. The first-order valence-electron chi connectivity index (χ1n) is 9.63. The summed E-state index contributed by atoms with van der Waals surface area (Å²) >= 11 is 0. The van der Waals surface area contributed by atoms with Gasteiger partial charge in [-0.05, 0) is 13.0 Å². The molecule has 1 aromatic heterocycles. The predicted molar refractivity (Wildman–Crippen MR) is 111 cm³/mol. The smallest absolute Gasteiger partial charge is 0.257 e. The monoisotopic (exact) mass is 415 g/mol. The molecule has 2 aliphatic heterocycles. The maximum atomic E-state index is 12.9. The number of aryl methyl sites for hydroxylation is 1. The standard InChI is InChI=1S/C20H25N5O5/c1-12-9-17(26)25-18(13-10-15(28-3)16(29-4)11-14(13)27-2)22-19(23-20(25)21-12)24-5-7-30-8-6-24/h9-11,18H,5-8H2,1-4H3,(H,21,22,23)/t18-/m1/s1. The van der Waals surface area contributed by atoms with Gasteiger partial charge in [0.15, 0.2) is 17.7 Å². The second-order valence-corrected chi connectivity index (χ2v) is 6.93. The van der Waals surface area contributed by atoms with Gasteiger partial charge in [0.2, 0.25) is 11.9 Å². The van der Waals surface area contributed by atoms with E-state index in [2.05, 4.69) is 15.2 Å². The van der Waals surface area contributed by atoms with Crippen LogP contribution in [0.15, 0.2) is 28.0 Å². The predicted octanol–water partition coefficient (Wildman–Crippen LogP) is 1.24. The number of hydrogen-bond acceptors (Lipinski definition) is 9. The second kappa shape index (κ2) is 8.23. The molecule has 0 spiro atoms. The Labute approximate surface area is 174 Å². The van der Waals surface area contributed by atoms with Crippen LogP contribution in [0.2, 0.25) is 0 Å². The van der Waals surface area contributed by atoms with Crippen molar-refractivity contribution in [2.45, 2.75) is 13.1 Å². The first-order chi connectivity index (χ1) is 14.5. The van der Waals surface area contributed by atoms with Gasteiger partial charge in [0.1, 0.15) is 5.75 Å². The number of anilines is 1. The van der Waals surface area contributed by atoms with Crippen LogP contribution in [-0.4, -0.2) is 68.0 Å². The maximum Gasteiger partial charge on any atom is 0.257 e. The van der Waals surface area contributed by atoms with E-state index >= 15 is 0 Å². The first-order valence-corrected chi connectivity index (χ1v) is 9.63. The van der Waals surface area contributed by atoms with Crippen LogP contribution in [0.4, 0.5) is 5.95 Å². The normalized spacial score (nSPS) is 18.2. The molecule has 10 heteroatoms. The van der Waals surface area contributed by atoms with Gasteiger partial charge in [0, 0.05) is 36.5 Å². The van der Waals surface area contributed by atoms with E-state index in [-0.39, 0.29) is 5.56 Å². The maximum absolute atomic E-state index is 12.9. The molecule has 160 valence electrons. The SMILES string of the molecule is COc1cc(OC)c([C@@H]2N=C(N3CCOCC3)Nc3nc(C)cc(=O)n32)cc1OC. The highest BCUT2D eigenvalue weighted by Crippen LogP contribution is 2.40. The van der Waals surface area contributed by atoms with Crippen molar-refractivity contribution < 1.29 is 18.9 Å². The second-order valence-electron chi connectivity index (χ2n) is 6.93. The van der Waals surface area contributed by atoms with Crippen molar-refractivity contribution in [1.82, 2.24) is 14.5 Å². The van der Waals surface area contributed by atoms with Gasteiger partial charge in [0.05, 0.1) is 34.5 Å². The van der Waals surface area contributed by atoms with Gasteiger partial charge in [-0.2, -0.15) is 0 Å². The van der Waals surface area contributed by atoms with E-state index in [9.17, 15) is 4.79 Å². The summed E-state index contributed by atoms with van der Waals surface area (Å²) in [6.07, 6.45) is -0.686. The topological polar surface area (TPSA) is 99.4 Å². The zero-order valence-electron chi connectivity index (χ0n) is 17.5. The minimum absolute atomic E-state index is 0.211. The van der Waals surface area contributed by atoms with Gasteiger partial charge in [-0.25, -0.2) is 9.98 Å². The Hall–Kier alpha value is -3.27. The summed E-state index contributed by atoms with van der Waals surface area (Å²) in [4.78, 5) is 24.4. The third-order valence-electron chi connectivity index (χ3n) is 5.12. The third-order valence-corrected chi connectivity index (χ3v) is 5.12. The average Bonchev–Trinajstić information content (AvgIpc) is 2.77. The molecule has 0 amide bonds. The molecule has 3 heterocycles. The number of benzene rings is 1. The van der Waals surface area contributed by atoms with E-state index in [1.54, 1.807) is 40.4 Å². The number of nitrogens with zero attached hydrogens (tertiary/aromatic N) is 4. The summed E-state index contributed by atoms with van der Waals surface area (Å²) < 4.78 is 23.4. The summed E-state index contributed by atoms with van der Waals surface area (Å²) in [5.74, 6) is 2.64. The van der Waals surface area contributed by atoms with E-state index in [1.165, 1.54) is 10.6 Å². The van der Waals surface area contributed by atoms with Crippen molar-refractivity contribution in [3.8, 4) is 17.2 Å². The summed E-state index contributed by atoms with van der Waals surface area (Å²) in [5, 5.41) is 3.21. The van der Waals surface area contributed by atoms with Gasteiger partial charge >= 0.3 is 0 Å². The van der Waals surface area contributed by atoms with E-state index in [1.807, 2.05) is 0 Å².